The van der Waals surface area contributed by atoms with Crippen LogP contribution in [0.5, 0.6) is 0 Å². The van der Waals surface area contributed by atoms with Gasteiger partial charge in [0.1, 0.15) is 0 Å². The van der Waals surface area contributed by atoms with E-state index in [-0.39, 0.29) is 12.5 Å². The third-order valence-electron chi connectivity index (χ3n) is 3.89. The molecule has 0 atom stereocenters. The topological polar surface area (TPSA) is 68.2 Å². The molecule has 0 spiro atoms. The lowest BCUT2D eigenvalue weighted by atomic mass is 10.1. The number of ether oxygens (including phenoxy) is 1. The molecule has 6 heteroatoms. The molecule has 0 bridgehead atoms. The van der Waals surface area contributed by atoms with Crippen molar-refractivity contribution in [3.63, 3.8) is 0 Å². The van der Waals surface area contributed by atoms with Gasteiger partial charge in [0.2, 0.25) is 0 Å². The Hall–Kier alpha value is -3.15. The highest BCUT2D eigenvalue weighted by Crippen LogP contribution is 2.09. The molecular weight excluding hydrogens is 332 g/mol. The summed E-state index contributed by atoms with van der Waals surface area (Å²) in [5, 5.41) is 3.79. The summed E-state index contributed by atoms with van der Waals surface area (Å²) in [5.74, 6) is -0.557. The SMILES string of the molecule is COC(=O)c1ccc(/C=N/OCC(=O)N(C)Cc2ccccc2C)cc1. The smallest absolute Gasteiger partial charge is 0.337 e. The van der Waals surface area contributed by atoms with Crippen LogP contribution in [0.25, 0.3) is 0 Å². The molecule has 0 radical (unpaired) electrons. The standard InChI is InChI=1S/C20H22N2O4/c1-15-6-4-5-7-18(15)13-22(2)19(23)14-26-21-12-16-8-10-17(11-9-16)20(24)25-3/h4-12H,13-14H2,1-3H3/b21-12+. The predicted octanol–water partition coefficient (Wildman–Crippen LogP) is 2.79. The third-order valence-corrected chi connectivity index (χ3v) is 3.89. The van der Waals surface area contributed by atoms with Gasteiger partial charge in [-0.25, -0.2) is 4.79 Å². The number of aryl methyl sites for hydroxylation is 1. The Balaban J connectivity index is 1.81. The van der Waals surface area contributed by atoms with Crippen molar-refractivity contribution in [1.82, 2.24) is 4.90 Å². The fourth-order valence-corrected chi connectivity index (χ4v) is 2.26. The van der Waals surface area contributed by atoms with Gasteiger partial charge in [-0.3, -0.25) is 4.79 Å². The van der Waals surface area contributed by atoms with Crippen LogP contribution in [-0.4, -0.2) is 43.8 Å². The van der Waals surface area contributed by atoms with Gasteiger partial charge in [-0.05, 0) is 35.7 Å². The fourth-order valence-electron chi connectivity index (χ4n) is 2.26. The maximum Gasteiger partial charge on any atom is 0.337 e. The number of amides is 1. The molecule has 0 unspecified atom stereocenters. The first kappa shape index (κ1) is 19.2. The molecule has 6 nitrogen and oxygen atoms in total. The second-order valence-electron chi connectivity index (χ2n) is 5.80. The number of hydrogen-bond acceptors (Lipinski definition) is 5. The van der Waals surface area contributed by atoms with E-state index in [1.165, 1.54) is 13.3 Å². The Kier molecular flexibility index (Phi) is 6.91. The van der Waals surface area contributed by atoms with E-state index in [0.717, 1.165) is 16.7 Å². The van der Waals surface area contributed by atoms with Gasteiger partial charge < -0.3 is 14.5 Å². The quantitative estimate of drug-likeness (QED) is 0.436. The van der Waals surface area contributed by atoms with E-state index in [1.54, 1.807) is 36.2 Å². The number of carbonyl (C=O) groups is 2. The van der Waals surface area contributed by atoms with Crippen molar-refractivity contribution in [2.75, 3.05) is 20.8 Å². The van der Waals surface area contributed by atoms with Crippen LogP contribution in [0.15, 0.2) is 53.7 Å². The summed E-state index contributed by atoms with van der Waals surface area (Å²) in [4.78, 5) is 30.1. The fraction of sp³-hybridized carbons (Fsp3) is 0.250. The maximum atomic E-state index is 12.1. The molecule has 1 amide bonds. The molecule has 0 heterocycles. The van der Waals surface area contributed by atoms with Crippen LogP contribution in [0, 0.1) is 6.92 Å². The molecule has 2 aromatic rings. The summed E-state index contributed by atoms with van der Waals surface area (Å²) in [5.41, 5.74) is 3.44. The van der Waals surface area contributed by atoms with Crippen molar-refractivity contribution >= 4 is 18.1 Å². The Morgan fingerprint density at radius 2 is 1.81 bits per heavy atom. The minimum absolute atomic E-state index is 0.140. The lowest BCUT2D eigenvalue weighted by Crippen LogP contribution is -2.29. The molecule has 0 saturated carbocycles. The van der Waals surface area contributed by atoms with Gasteiger partial charge in [-0.1, -0.05) is 41.6 Å². The first-order valence-corrected chi connectivity index (χ1v) is 8.13. The van der Waals surface area contributed by atoms with E-state index in [0.29, 0.717) is 12.1 Å². The predicted molar refractivity (Wildman–Crippen MR) is 99.0 cm³/mol. The zero-order valence-corrected chi connectivity index (χ0v) is 15.1. The molecule has 0 saturated heterocycles. The molecular formula is C20H22N2O4. The molecule has 136 valence electrons. The van der Waals surface area contributed by atoms with Gasteiger partial charge in [0.05, 0.1) is 18.9 Å². The Morgan fingerprint density at radius 3 is 2.46 bits per heavy atom. The molecule has 0 aliphatic carbocycles. The van der Waals surface area contributed by atoms with E-state index in [4.69, 9.17) is 4.84 Å². The minimum Gasteiger partial charge on any atom is -0.465 e. The molecule has 2 aromatic carbocycles. The van der Waals surface area contributed by atoms with E-state index in [9.17, 15) is 9.59 Å². The van der Waals surface area contributed by atoms with E-state index in [2.05, 4.69) is 9.89 Å². The highest BCUT2D eigenvalue weighted by molar-refractivity contribution is 5.90. The number of methoxy groups -OCH3 is 1. The van der Waals surface area contributed by atoms with Gasteiger partial charge in [0.15, 0.2) is 6.61 Å². The lowest BCUT2D eigenvalue weighted by Gasteiger charge is -2.17. The highest BCUT2D eigenvalue weighted by Gasteiger charge is 2.10. The second kappa shape index (κ2) is 9.36. The van der Waals surface area contributed by atoms with E-state index in [1.807, 2.05) is 31.2 Å². The van der Waals surface area contributed by atoms with Crippen molar-refractivity contribution in [3.8, 4) is 0 Å². The van der Waals surface area contributed by atoms with Gasteiger partial charge in [0.25, 0.3) is 5.91 Å². The van der Waals surface area contributed by atoms with Crippen LogP contribution in [0.1, 0.15) is 27.0 Å². The number of likely N-dealkylation sites (N-methyl/N-ethyl adjacent to an activating group) is 1. The molecule has 0 aliphatic heterocycles. The average molecular weight is 354 g/mol. The van der Waals surface area contributed by atoms with Crippen LogP contribution in [-0.2, 0) is 20.9 Å². The molecule has 0 aliphatic rings. The number of carbonyl (C=O) groups excluding carboxylic acids is 2. The average Bonchev–Trinajstić information content (AvgIpc) is 2.66. The molecule has 0 N–H and O–H groups in total. The molecule has 0 aromatic heterocycles. The van der Waals surface area contributed by atoms with Crippen molar-refractivity contribution in [2.45, 2.75) is 13.5 Å². The van der Waals surface area contributed by atoms with Gasteiger partial charge in [-0.2, -0.15) is 0 Å². The normalized spacial score (nSPS) is 10.6. The summed E-state index contributed by atoms with van der Waals surface area (Å²) in [6.45, 7) is 2.40. The molecule has 0 fully saturated rings. The maximum absolute atomic E-state index is 12.1. The number of hydrogen-bond donors (Lipinski definition) is 0. The van der Waals surface area contributed by atoms with Crippen LogP contribution in [0.3, 0.4) is 0 Å². The van der Waals surface area contributed by atoms with Crippen molar-refractivity contribution < 1.29 is 19.2 Å². The largest absolute Gasteiger partial charge is 0.465 e. The second-order valence-corrected chi connectivity index (χ2v) is 5.80. The van der Waals surface area contributed by atoms with Crippen LogP contribution in [0.4, 0.5) is 0 Å². The highest BCUT2D eigenvalue weighted by atomic mass is 16.6. The van der Waals surface area contributed by atoms with Crippen molar-refractivity contribution in [3.05, 3.63) is 70.8 Å². The number of benzene rings is 2. The zero-order chi connectivity index (χ0) is 18.9. The number of oxime groups is 1. The van der Waals surface area contributed by atoms with Gasteiger partial charge >= 0.3 is 5.97 Å². The number of nitrogens with zero attached hydrogens (tertiary/aromatic N) is 2. The summed E-state index contributed by atoms with van der Waals surface area (Å²) >= 11 is 0. The van der Waals surface area contributed by atoms with Gasteiger partial charge in [0, 0.05) is 13.6 Å². The Morgan fingerprint density at radius 1 is 1.12 bits per heavy atom. The third kappa shape index (κ3) is 5.44. The summed E-state index contributed by atoms with van der Waals surface area (Å²) in [7, 11) is 3.06. The first-order valence-electron chi connectivity index (χ1n) is 8.13. The van der Waals surface area contributed by atoms with E-state index >= 15 is 0 Å². The zero-order valence-electron chi connectivity index (χ0n) is 15.1. The first-order chi connectivity index (χ1) is 12.5. The summed E-state index contributed by atoms with van der Waals surface area (Å²) in [6, 6.07) is 14.6. The van der Waals surface area contributed by atoms with Crippen molar-refractivity contribution in [1.29, 1.82) is 0 Å². The molecule has 2 rings (SSSR count). The van der Waals surface area contributed by atoms with Crippen molar-refractivity contribution in [2.24, 2.45) is 5.16 Å². The summed E-state index contributed by atoms with van der Waals surface area (Å²) < 4.78 is 4.63. The van der Waals surface area contributed by atoms with E-state index < -0.39 is 5.97 Å². The lowest BCUT2D eigenvalue weighted by molar-refractivity contribution is -0.135. The van der Waals surface area contributed by atoms with Gasteiger partial charge in [-0.15, -0.1) is 0 Å². The summed E-state index contributed by atoms with van der Waals surface area (Å²) in [6.07, 6.45) is 1.48. The molecule has 26 heavy (non-hydrogen) atoms. The monoisotopic (exact) mass is 354 g/mol. The van der Waals surface area contributed by atoms with Crippen LogP contribution < -0.4 is 0 Å². The minimum atomic E-state index is -0.396. The Bertz CT molecular complexity index is 785. The Labute approximate surface area is 153 Å². The van der Waals surface area contributed by atoms with Crippen LogP contribution in [0.2, 0.25) is 0 Å². The van der Waals surface area contributed by atoms with Crippen LogP contribution >= 0.6 is 0 Å². The number of rotatable bonds is 7. The number of esters is 1.